The van der Waals surface area contributed by atoms with E-state index < -0.39 is 18.0 Å². The van der Waals surface area contributed by atoms with Gasteiger partial charge in [-0.25, -0.2) is 4.79 Å². The summed E-state index contributed by atoms with van der Waals surface area (Å²) in [5.41, 5.74) is 2.19. The molecular weight excluding hydrogens is 354 g/mol. The average Bonchev–Trinajstić information content (AvgIpc) is 3.12. The fourth-order valence-corrected chi connectivity index (χ4v) is 2.46. The molecule has 6 nitrogen and oxygen atoms in total. The molecule has 26 heavy (non-hydrogen) atoms. The van der Waals surface area contributed by atoms with Crippen molar-refractivity contribution >= 4 is 29.2 Å². The second-order valence-electron chi connectivity index (χ2n) is 5.58. The first-order chi connectivity index (χ1) is 12.5. The van der Waals surface area contributed by atoms with E-state index in [-0.39, 0.29) is 5.69 Å². The minimum atomic E-state index is -0.982. The highest BCUT2D eigenvalue weighted by molar-refractivity contribution is 6.30. The van der Waals surface area contributed by atoms with Gasteiger partial charge < -0.3 is 10.1 Å². The third-order valence-corrected chi connectivity index (χ3v) is 3.85. The lowest BCUT2D eigenvalue weighted by atomic mass is 10.1. The predicted molar refractivity (Wildman–Crippen MR) is 99.0 cm³/mol. The van der Waals surface area contributed by atoms with Crippen molar-refractivity contribution in [3.63, 3.8) is 0 Å². The summed E-state index contributed by atoms with van der Waals surface area (Å²) in [5, 5.41) is 9.87. The van der Waals surface area contributed by atoms with Crippen LogP contribution in [0.1, 0.15) is 17.4 Å². The molecule has 0 spiro atoms. The summed E-state index contributed by atoms with van der Waals surface area (Å²) in [7, 11) is 0. The maximum absolute atomic E-state index is 12.2. The molecule has 132 valence electrons. The van der Waals surface area contributed by atoms with Crippen LogP contribution in [0.15, 0.2) is 60.7 Å². The largest absolute Gasteiger partial charge is 0.448 e. The Morgan fingerprint density at radius 3 is 2.62 bits per heavy atom. The molecule has 2 N–H and O–H groups in total. The fraction of sp³-hybridized carbons (Fsp3) is 0.105. The molecule has 2 aromatic carbocycles. The van der Waals surface area contributed by atoms with E-state index in [9.17, 15) is 9.59 Å². The van der Waals surface area contributed by atoms with E-state index in [1.165, 1.54) is 6.92 Å². The van der Waals surface area contributed by atoms with Crippen LogP contribution in [0.4, 0.5) is 5.69 Å². The number of hydrogen-bond donors (Lipinski definition) is 2. The van der Waals surface area contributed by atoms with Gasteiger partial charge in [-0.3, -0.25) is 9.89 Å². The van der Waals surface area contributed by atoms with Crippen LogP contribution >= 0.6 is 11.6 Å². The minimum absolute atomic E-state index is 0.172. The van der Waals surface area contributed by atoms with Gasteiger partial charge in [0.25, 0.3) is 5.91 Å². The maximum Gasteiger partial charge on any atom is 0.357 e. The van der Waals surface area contributed by atoms with Crippen molar-refractivity contribution < 1.29 is 14.3 Å². The highest BCUT2D eigenvalue weighted by Crippen LogP contribution is 2.18. The zero-order chi connectivity index (χ0) is 18.5. The molecule has 0 aliphatic heterocycles. The molecule has 3 rings (SSSR count). The fourth-order valence-electron chi connectivity index (χ4n) is 2.27. The number of nitrogens with one attached hydrogen (secondary N) is 2. The Hall–Kier alpha value is -3.12. The van der Waals surface area contributed by atoms with Crippen molar-refractivity contribution in [2.75, 3.05) is 5.32 Å². The number of carbonyl (C=O) groups excluding carboxylic acids is 2. The van der Waals surface area contributed by atoms with Crippen LogP contribution in [-0.2, 0) is 9.53 Å². The Labute approximate surface area is 155 Å². The van der Waals surface area contributed by atoms with Crippen LogP contribution in [0, 0.1) is 0 Å². The zero-order valence-electron chi connectivity index (χ0n) is 13.9. The maximum atomic E-state index is 12.2. The van der Waals surface area contributed by atoms with Crippen LogP contribution in [0.5, 0.6) is 0 Å². The van der Waals surface area contributed by atoms with Gasteiger partial charge in [-0.15, -0.1) is 0 Å². The van der Waals surface area contributed by atoms with Gasteiger partial charge >= 0.3 is 5.97 Å². The molecule has 0 aliphatic rings. The summed E-state index contributed by atoms with van der Waals surface area (Å²) in [6.07, 6.45) is -0.982. The molecule has 3 aromatic rings. The molecule has 7 heteroatoms. The number of esters is 1. The van der Waals surface area contributed by atoms with Crippen LogP contribution in [0.2, 0.25) is 5.02 Å². The molecule has 1 atom stereocenters. The normalized spacial score (nSPS) is 11.6. The summed E-state index contributed by atoms with van der Waals surface area (Å²) in [4.78, 5) is 24.4. The van der Waals surface area contributed by atoms with Crippen LogP contribution in [0.3, 0.4) is 0 Å². The average molecular weight is 370 g/mol. The Morgan fingerprint density at radius 1 is 1.12 bits per heavy atom. The first-order valence-corrected chi connectivity index (χ1v) is 8.29. The van der Waals surface area contributed by atoms with Gasteiger partial charge in [-0.2, -0.15) is 5.10 Å². The predicted octanol–water partition coefficient (Wildman–Crippen LogP) is 3.91. The van der Waals surface area contributed by atoms with Crippen LogP contribution in [-0.4, -0.2) is 28.2 Å². The zero-order valence-corrected chi connectivity index (χ0v) is 14.7. The van der Waals surface area contributed by atoms with E-state index in [4.69, 9.17) is 16.3 Å². The summed E-state index contributed by atoms with van der Waals surface area (Å²) >= 11 is 5.88. The van der Waals surface area contributed by atoms with E-state index in [1.807, 2.05) is 30.3 Å². The van der Waals surface area contributed by atoms with Crippen molar-refractivity contribution in [2.24, 2.45) is 0 Å². The van der Waals surface area contributed by atoms with Gasteiger partial charge in [-0.05, 0) is 31.2 Å². The lowest BCUT2D eigenvalue weighted by Crippen LogP contribution is -2.30. The standard InChI is InChI=1S/C19H16ClN3O3/c1-12(18(24)21-15-9-5-8-14(20)10-15)26-19(25)17-11-16(22-23-17)13-6-3-2-4-7-13/h2-12H,1H3,(H,21,24)(H,22,23)/t12-/m0/s1. The number of benzene rings is 2. The first kappa shape index (κ1) is 17.7. The van der Waals surface area contributed by atoms with Gasteiger partial charge in [0.1, 0.15) is 5.69 Å². The number of anilines is 1. The number of aromatic nitrogens is 2. The molecule has 0 saturated carbocycles. The number of amides is 1. The first-order valence-electron chi connectivity index (χ1n) is 7.91. The lowest BCUT2D eigenvalue weighted by Gasteiger charge is -2.13. The number of aromatic amines is 1. The van der Waals surface area contributed by atoms with Gasteiger partial charge in [0, 0.05) is 16.3 Å². The molecule has 0 saturated heterocycles. The van der Waals surface area contributed by atoms with Crippen molar-refractivity contribution in [3.05, 3.63) is 71.4 Å². The van der Waals surface area contributed by atoms with Crippen molar-refractivity contribution in [1.82, 2.24) is 10.2 Å². The van der Waals surface area contributed by atoms with Crippen LogP contribution < -0.4 is 5.32 Å². The molecule has 1 aromatic heterocycles. The number of rotatable bonds is 5. The summed E-state index contributed by atoms with van der Waals surface area (Å²) < 4.78 is 5.19. The van der Waals surface area contributed by atoms with E-state index >= 15 is 0 Å². The van der Waals surface area contributed by atoms with Crippen molar-refractivity contribution in [1.29, 1.82) is 0 Å². The molecule has 0 aliphatic carbocycles. The van der Waals surface area contributed by atoms with Gasteiger partial charge in [0.15, 0.2) is 6.10 Å². The highest BCUT2D eigenvalue weighted by atomic mass is 35.5. The molecule has 1 heterocycles. The number of hydrogen-bond acceptors (Lipinski definition) is 4. The minimum Gasteiger partial charge on any atom is -0.448 e. The second-order valence-corrected chi connectivity index (χ2v) is 6.02. The molecule has 0 unspecified atom stereocenters. The molecule has 0 radical (unpaired) electrons. The van der Waals surface area contributed by atoms with Gasteiger partial charge in [0.05, 0.1) is 5.69 Å². The monoisotopic (exact) mass is 369 g/mol. The second kappa shape index (κ2) is 7.84. The Balaban J connectivity index is 1.62. The SMILES string of the molecule is C[C@H](OC(=O)c1cc(-c2ccccc2)n[nH]1)C(=O)Nc1cccc(Cl)c1. The molecular formula is C19H16ClN3O3. The van der Waals surface area contributed by atoms with E-state index in [1.54, 1.807) is 30.3 Å². The molecule has 0 bridgehead atoms. The number of ether oxygens (including phenoxy) is 1. The van der Waals surface area contributed by atoms with Crippen molar-refractivity contribution in [2.45, 2.75) is 13.0 Å². The summed E-state index contributed by atoms with van der Waals surface area (Å²) in [5.74, 6) is -1.11. The number of carbonyl (C=O) groups is 2. The van der Waals surface area contributed by atoms with Gasteiger partial charge in [0.2, 0.25) is 0 Å². The van der Waals surface area contributed by atoms with E-state index in [0.717, 1.165) is 5.56 Å². The topological polar surface area (TPSA) is 84.1 Å². The Morgan fingerprint density at radius 2 is 1.88 bits per heavy atom. The number of halogens is 1. The quantitative estimate of drug-likeness (QED) is 0.668. The molecule has 1 amide bonds. The Bertz CT molecular complexity index is 925. The molecule has 0 fully saturated rings. The summed E-state index contributed by atoms with van der Waals surface area (Å²) in [6, 6.07) is 17.7. The highest BCUT2D eigenvalue weighted by Gasteiger charge is 2.20. The third-order valence-electron chi connectivity index (χ3n) is 3.61. The smallest absolute Gasteiger partial charge is 0.357 e. The van der Waals surface area contributed by atoms with E-state index in [2.05, 4.69) is 15.5 Å². The van der Waals surface area contributed by atoms with Crippen LogP contribution in [0.25, 0.3) is 11.3 Å². The van der Waals surface area contributed by atoms with E-state index in [0.29, 0.717) is 16.4 Å². The van der Waals surface area contributed by atoms with Gasteiger partial charge in [-0.1, -0.05) is 48.0 Å². The number of H-pyrrole nitrogens is 1. The summed E-state index contributed by atoms with van der Waals surface area (Å²) in [6.45, 7) is 1.49. The number of nitrogens with zero attached hydrogens (tertiary/aromatic N) is 1. The Kier molecular flexibility index (Phi) is 5.34. The lowest BCUT2D eigenvalue weighted by molar-refractivity contribution is -0.123. The van der Waals surface area contributed by atoms with Crippen molar-refractivity contribution in [3.8, 4) is 11.3 Å². The third kappa shape index (κ3) is 4.29.